The number of benzene rings is 1. The van der Waals surface area contributed by atoms with E-state index in [4.69, 9.17) is 4.74 Å². The number of esters is 1. The fraction of sp³-hybridized carbons (Fsp3) is 0.438. The molecule has 1 aliphatic rings. The predicted octanol–water partition coefficient (Wildman–Crippen LogP) is 4.38. The lowest BCUT2D eigenvalue weighted by molar-refractivity contribution is -0.155. The van der Waals surface area contributed by atoms with Gasteiger partial charge in [0, 0.05) is 5.57 Å². The average Bonchev–Trinajstić information content (AvgIpc) is 2.37. The van der Waals surface area contributed by atoms with Crippen LogP contribution in [-0.4, -0.2) is 5.97 Å². The molecule has 0 fully saturated rings. The molecule has 0 radical (unpaired) electrons. The maximum absolute atomic E-state index is 12.9. The molecule has 0 spiro atoms. The van der Waals surface area contributed by atoms with E-state index in [9.17, 15) is 18.0 Å². The third kappa shape index (κ3) is 3.12. The SMILES string of the molecule is C=C(C)C(=O)OC1(C)CCCc2ccc(C(F)(F)F)cc21. The predicted molar refractivity (Wildman–Crippen MR) is 72.6 cm³/mol. The third-order valence-electron chi connectivity index (χ3n) is 3.77. The number of carbonyl (C=O) groups excluding carboxylic acids is 1. The quantitative estimate of drug-likeness (QED) is 0.598. The van der Waals surface area contributed by atoms with Crippen molar-refractivity contribution in [3.05, 3.63) is 47.0 Å². The van der Waals surface area contributed by atoms with Crippen LogP contribution < -0.4 is 0 Å². The highest BCUT2D eigenvalue weighted by molar-refractivity contribution is 5.87. The smallest absolute Gasteiger partial charge is 0.416 e. The van der Waals surface area contributed by atoms with Crippen molar-refractivity contribution in [2.45, 2.75) is 44.9 Å². The Morgan fingerprint density at radius 1 is 1.38 bits per heavy atom. The number of halogens is 3. The molecule has 0 saturated carbocycles. The second kappa shape index (κ2) is 5.20. The molecule has 0 saturated heterocycles. The summed E-state index contributed by atoms with van der Waals surface area (Å²) < 4.78 is 44.1. The van der Waals surface area contributed by atoms with Crippen molar-refractivity contribution >= 4 is 5.97 Å². The Morgan fingerprint density at radius 2 is 2.05 bits per heavy atom. The summed E-state index contributed by atoms with van der Waals surface area (Å²) in [6, 6.07) is 3.65. The zero-order valence-electron chi connectivity index (χ0n) is 12.0. The van der Waals surface area contributed by atoms with Crippen molar-refractivity contribution in [3.8, 4) is 0 Å². The molecule has 0 heterocycles. The Labute approximate surface area is 121 Å². The molecule has 0 aliphatic heterocycles. The monoisotopic (exact) mass is 298 g/mol. The van der Waals surface area contributed by atoms with Gasteiger partial charge in [0.2, 0.25) is 0 Å². The van der Waals surface area contributed by atoms with E-state index in [0.717, 1.165) is 24.1 Å². The van der Waals surface area contributed by atoms with Crippen LogP contribution in [0.25, 0.3) is 0 Å². The lowest BCUT2D eigenvalue weighted by Gasteiger charge is -2.36. The van der Waals surface area contributed by atoms with Crippen LogP contribution in [0.1, 0.15) is 43.4 Å². The number of ether oxygens (including phenoxy) is 1. The zero-order chi connectivity index (χ0) is 15.8. The topological polar surface area (TPSA) is 26.3 Å². The summed E-state index contributed by atoms with van der Waals surface area (Å²) in [4.78, 5) is 11.8. The van der Waals surface area contributed by atoms with Crippen molar-refractivity contribution < 1.29 is 22.7 Å². The van der Waals surface area contributed by atoms with Crippen molar-refractivity contribution in [1.82, 2.24) is 0 Å². The van der Waals surface area contributed by atoms with E-state index in [1.807, 2.05) is 0 Å². The van der Waals surface area contributed by atoms with Gasteiger partial charge in [-0.25, -0.2) is 4.79 Å². The van der Waals surface area contributed by atoms with Crippen molar-refractivity contribution in [1.29, 1.82) is 0 Å². The van der Waals surface area contributed by atoms with E-state index in [2.05, 4.69) is 6.58 Å². The summed E-state index contributed by atoms with van der Waals surface area (Å²) >= 11 is 0. The van der Waals surface area contributed by atoms with E-state index < -0.39 is 23.3 Å². The van der Waals surface area contributed by atoms with E-state index in [1.165, 1.54) is 13.0 Å². The minimum Gasteiger partial charge on any atom is -0.451 e. The van der Waals surface area contributed by atoms with Gasteiger partial charge in [-0.15, -0.1) is 0 Å². The summed E-state index contributed by atoms with van der Waals surface area (Å²) in [5, 5.41) is 0. The Hall–Kier alpha value is -1.78. The van der Waals surface area contributed by atoms with Gasteiger partial charge in [-0.3, -0.25) is 0 Å². The van der Waals surface area contributed by atoms with Crippen LogP contribution in [-0.2, 0) is 27.7 Å². The summed E-state index contributed by atoms with van der Waals surface area (Å²) in [7, 11) is 0. The molecule has 0 N–H and O–H groups in total. The first-order chi connectivity index (χ1) is 9.63. The minimum absolute atomic E-state index is 0.232. The van der Waals surface area contributed by atoms with Gasteiger partial charge >= 0.3 is 12.1 Å². The molecule has 1 aliphatic carbocycles. The van der Waals surface area contributed by atoms with Crippen molar-refractivity contribution in [2.24, 2.45) is 0 Å². The second-order valence-corrected chi connectivity index (χ2v) is 5.62. The van der Waals surface area contributed by atoms with Crippen molar-refractivity contribution in [2.75, 3.05) is 0 Å². The molecule has 1 unspecified atom stereocenters. The zero-order valence-corrected chi connectivity index (χ0v) is 12.0. The highest BCUT2D eigenvalue weighted by Crippen LogP contribution is 2.41. The summed E-state index contributed by atoms with van der Waals surface area (Å²) in [6.45, 7) is 6.68. The summed E-state index contributed by atoms with van der Waals surface area (Å²) in [6.07, 6.45) is -2.46. The van der Waals surface area contributed by atoms with Crippen LogP contribution in [0.15, 0.2) is 30.4 Å². The Balaban J connectivity index is 2.45. The summed E-state index contributed by atoms with van der Waals surface area (Å²) in [5.41, 5.74) is -0.286. The van der Waals surface area contributed by atoms with E-state index >= 15 is 0 Å². The van der Waals surface area contributed by atoms with Gasteiger partial charge in [0.05, 0.1) is 5.56 Å². The lowest BCUT2D eigenvalue weighted by atomic mass is 9.79. The van der Waals surface area contributed by atoms with Gasteiger partial charge in [0.25, 0.3) is 0 Å². The van der Waals surface area contributed by atoms with E-state index in [1.54, 1.807) is 6.92 Å². The van der Waals surface area contributed by atoms with Crippen LogP contribution in [0, 0.1) is 0 Å². The van der Waals surface area contributed by atoms with Crippen LogP contribution in [0.4, 0.5) is 13.2 Å². The number of fused-ring (bicyclic) bond motifs is 1. The first-order valence-electron chi connectivity index (χ1n) is 6.73. The maximum Gasteiger partial charge on any atom is 0.416 e. The second-order valence-electron chi connectivity index (χ2n) is 5.62. The number of hydrogen-bond acceptors (Lipinski definition) is 2. The van der Waals surface area contributed by atoms with Crippen LogP contribution in [0.5, 0.6) is 0 Å². The molecule has 1 aromatic carbocycles. The Morgan fingerprint density at radius 3 is 2.62 bits per heavy atom. The molecule has 0 bridgehead atoms. The fourth-order valence-corrected chi connectivity index (χ4v) is 2.61. The first kappa shape index (κ1) is 15.6. The molecule has 21 heavy (non-hydrogen) atoms. The highest BCUT2D eigenvalue weighted by atomic mass is 19.4. The van der Waals surface area contributed by atoms with E-state index in [0.29, 0.717) is 18.4 Å². The van der Waals surface area contributed by atoms with Crippen LogP contribution in [0.3, 0.4) is 0 Å². The lowest BCUT2D eigenvalue weighted by Crippen LogP contribution is -2.33. The van der Waals surface area contributed by atoms with Crippen LogP contribution >= 0.6 is 0 Å². The average molecular weight is 298 g/mol. The third-order valence-corrected chi connectivity index (χ3v) is 3.77. The van der Waals surface area contributed by atoms with Gasteiger partial charge in [0.1, 0.15) is 5.60 Å². The molecular weight excluding hydrogens is 281 g/mol. The molecule has 1 atom stereocenters. The molecule has 114 valence electrons. The van der Waals surface area contributed by atoms with Gasteiger partial charge in [0.15, 0.2) is 0 Å². The highest BCUT2D eigenvalue weighted by Gasteiger charge is 2.39. The molecular formula is C16H17F3O2. The molecule has 5 heteroatoms. The molecule has 2 nitrogen and oxygen atoms in total. The molecule has 2 rings (SSSR count). The number of rotatable bonds is 2. The van der Waals surface area contributed by atoms with Gasteiger partial charge < -0.3 is 4.74 Å². The first-order valence-corrected chi connectivity index (χ1v) is 6.73. The number of hydrogen-bond donors (Lipinski definition) is 0. The van der Waals surface area contributed by atoms with Crippen molar-refractivity contribution in [3.63, 3.8) is 0 Å². The Bertz CT molecular complexity index is 590. The number of carbonyl (C=O) groups is 1. The van der Waals surface area contributed by atoms with E-state index in [-0.39, 0.29) is 5.57 Å². The Kier molecular flexibility index (Phi) is 3.87. The maximum atomic E-state index is 12.9. The standard InChI is InChI=1S/C16H17F3O2/c1-10(2)14(20)21-15(3)8-4-5-11-6-7-12(9-13(11)15)16(17,18)19/h6-7,9H,1,4-5,8H2,2-3H3. The number of alkyl halides is 3. The number of aryl methyl sites for hydroxylation is 1. The minimum atomic E-state index is -4.41. The largest absolute Gasteiger partial charge is 0.451 e. The normalized spacial score (nSPS) is 21.6. The fourth-order valence-electron chi connectivity index (χ4n) is 2.61. The van der Waals surface area contributed by atoms with Gasteiger partial charge in [-0.1, -0.05) is 12.6 Å². The van der Waals surface area contributed by atoms with Gasteiger partial charge in [-0.2, -0.15) is 13.2 Å². The van der Waals surface area contributed by atoms with Gasteiger partial charge in [-0.05, 0) is 56.4 Å². The van der Waals surface area contributed by atoms with Crippen LogP contribution in [0.2, 0.25) is 0 Å². The summed E-state index contributed by atoms with van der Waals surface area (Å²) in [5.74, 6) is -0.581. The molecule has 1 aromatic rings. The molecule has 0 aromatic heterocycles. The molecule has 0 amide bonds.